The molecule has 2 nitrogen and oxygen atoms in total. The topological polar surface area (TPSA) is 21.3 Å². The zero-order valence-corrected chi connectivity index (χ0v) is 13.4. The highest BCUT2D eigenvalue weighted by Gasteiger charge is 2.44. The third-order valence-corrected chi connectivity index (χ3v) is 4.85. The first-order chi connectivity index (χ1) is 9.54. The minimum atomic E-state index is -0.515. The van der Waals surface area contributed by atoms with E-state index in [1.54, 1.807) is 7.11 Å². The molecular formula is C15H20BrF2NO. The number of nitrogens with one attached hydrogen (secondary N) is 1. The van der Waals surface area contributed by atoms with Gasteiger partial charge in [0, 0.05) is 18.7 Å². The minimum Gasteiger partial charge on any atom is -0.377 e. The zero-order valence-electron chi connectivity index (χ0n) is 11.8. The van der Waals surface area contributed by atoms with Crippen molar-refractivity contribution < 1.29 is 13.5 Å². The third kappa shape index (κ3) is 2.90. The van der Waals surface area contributed by atoms with Crippen molar-refractivity contribution in [1.82, 2.24) is 5.32 Å². The molecule has 1 atom stereocenters. The smallest absolute Gasteiger partial charge is 0.143 e. The molecule has 1 aliphatic carbocycles. The van der Waals surface area contributed by atoms with Crippen LogP contribution in [0.5, 0.6) is 0 Å². The van der Waals surface area contributed by atoms with Crippen LogP contribution in [0.4, 0.5) is 8.78 Å². The van der Waals surface area contributed by atoms with Crippen molar-refractivity contribution in [3.8, 4) is 0 Å². The minimum absolute atomic E-state index is 0.0791. The molecule has 0 bridgehead atoms. The molecule has 1 unspecified atom stereocenters. The molecule has 0 spiro atoms. The number of benzene rings is 1. The standard InChI is InChI=1S/C15H20BrF2NO/c1-3-19-13(15(20-2)7-4-8-15)9-10-12(17)6-5-11(16)14(10)18/h5-6,13,19H,3-4,7-9H2,1-2H3. The van der Waals surface area contributed by atoms with Gasteiger partial charge in [0.15, 0.2) is 0 Å². The van der Waals surface area contributed by atoms with Crippen LogP contribution in [0.25, 0.3) is 0 Å². The number of rotatable bonds is 6. The van der Waals surface area contributed by atoms with E-state index in [1.807, 2.05) is 6.92 Å². The van der Waals surface area contributed by atoms with Gasteiger partial charge in [-0.05, 0) is 60.3 Å². The molecule has 20 heavy (non-hydrogen) atoms. The molecule has 1 fully saturated rings. The van der Waals surface area contributed by atoms with Crippen LogP contribution in [0.2, 0.25) is 0 Å². The molecule has 1 aliphatic rings. The maximum atomic E-state index is 14.1. The molecular weight excluding hydrogens is 328 g/mol. The van der Waals surface area contributed by atoms with E-state index in [2.05, 4.69) is 21.2 Å². The average molecular weight is 348 g/mol. The summed E-state index contributed by atoms with van der Waals surface area (Å²) in [5.74, 6) is -1.02. The molecule has 1 N–H and O–H groups in total. The molecule has 0 aromatic heterocycles. The molecule has 0 saturated heterocycles. The van der Waals surface area contributed by atoms with Crippen molar-refractivity contribution in [2.75, 3.05) is 13.7 Å². The lowest BCUT2D eigenvalue weighted by Gasteiger charge is -2.47. The van der Waals surface area contributed by atoms with Gasteiger partial charge in [-0.15, -0.1) is 0 Å². The van der Waals surface area contributed by atoms with Crippen molar-refractivity contribution >= 4 is 15.9 Å². The molecule has 112 valence electrons. The monoisotopic (exact) mass is 347 g/mol. The van der Waals surface area contributed by atoms with E-state index in [1.165, 1.54) is 12.1 Å². The molecule has 0 radical (unpaired) electrons. The highest BCUT2D eigenvalue weighted by atomic mass is 79.9. The average Bonchev–Trinajstić information content (AvgIpc) is 2.38. The van der Waals surface area contributed by atoms with Gasteiger partial charge in [-0.25, -0.2) is 8.78 Å². The summed E-state index contributed by atoms with van der Waals surface area (Å²) < 4.78 is 34.0. The molecule has 1 aromatic rings. The number of methoxy groups -OCH3 is 1. The first-order valence-electron chi connectivity index (χ1n) is 6.95. The van der Waals surface area contributed by atoms with E-state index in [-0.39, 0.29) is 17.2 Å². The van der Waals surface area contributed by atoms with Crippen LogP contribution in [0.3, 0.4) is 0 Å². The third-order valence-electron chi connectivity index (χ3n) is 4.24. The molecule has 1 saturated carbocycles. The number of halogens is 3. The van der Waals surface area contributed by atoms with E-state index in [4.69, 9.17) is 4.74 Å². The van der Waals surface area contributed by atoms with Crippen LogP contribution in [0.15, 0.2) is 16.6 Å². The van der Waals surface area contributed by atoms with Crippen LogP contribution in [-0.2, 0) is 11.2 Å². The normalized spacial score (nSPS) is 18.6. The zero-order chi connectivity index (χ0) is 14.8. The quantitative estimate of drug-likeness (QED) is 0.790. The fraction of sp³-hybridized carbons (Fsp3) is 0.600. The van der Waals surface area contributed by atoms with Crippen LogP contribution >= 0.6 is 15.9 Å². The van der Waals surface area contributed by atoms with E-state index in [9.17, 15) is 8.78 Å². The molecule has 2 rings (SSSR count). The molecule has 5 heteroatoms. The second-order valence-electron chi connectivity index (χ2n) is 5.26. The Kier molecular flexibility index (Phi) is 5.15. The first kappa shape index (κ1) is 15.9. The number of likely N-dealkylation sites (N-methyl/N-ethyl adjacent to an activating group) is 1. The van der Waals surface area contributed by atoms with Gasteiger partial charge in [-0.1, -0.05) is 6.92 Å². The summed E-state index contributed by atoms with van der Waals surface area (Å²) in [6, 6.07) is 2.61. The maximum Gasteiger partial charge on any atom is 0.143 e. The van der Waals surface area contributed by atoms with Gasteiger partial charge in [0.1, 0.15) is 11.6 Å². The van der Waals surface area contributed by atoms with Gasteiger partial charge >= 0.3 is 0 Å². The second-order valence-corrected chi connectivity index (χ2v) is 6.11. The Morgan fingerprint density at radius 1 is 1.40 bits per heavy atom. The highest BCUT2D eigenvalue weighted by molar-refractivity contribution is 9.10. The maximum absolute atomic E-state index is 14.1. The predicted octanol–water partition coefficient (Wildman–Crippen LogP) is 3.82. The van der Waals surface area contributed by atoms with Crippen LogP contribution in [0.1, 0.15) is 31.7 Å². The summed E-state index contributed by atoms with van der Waals surface area (Å²) in [6.07, 6.45) is 3.24. The largest absolute Gasteiger partial charge is 0.377 e. The molecule has 0 amide bonds. The lowest BCUT2D eigenvalue weighted by atomic mass is 9.72. The summed E-state index contributed by atoms with van der Waals surface area (Å²) in [5, 5.41) is 3.33. The fourth-order valence-electron chi connectivity index (χ4n) is 2.87. The second kappa shape index (κ2) is 6.50. The van der Waals surface area contributed by atoms with Gasteiger partial charge in [0.05, 0.1) is 10.1 Å². The van der Waals surface area contributed by atoms with E-state index in [0.29, 0.717) is 10.9 Å². The van der Waals surface area contributed by atoms with Gasteiger partial charge in [0.25, 0.3) is 0 Å². The van der Waals surface area contributed by atoms with Gasteiger partial charge in [-0.3, -0.25) is 0 Å². The Labute approximate surface area is 127 Å². The summed E-state index contributed by atoms with van der Waals surface area (Å²) >= 11 is 3.11. The first-order valence-corrected chi connectivity index (χ1v) is 7.74. The summed E-state index contributed by atoms with van der Waals surface area (Å²) in [4.78, 5) is 0. The Bertz CT molecular complexity index is 472. The van der Waals surface area contributed by atoms with Gasteiger partial charge in [-0.2, -0.15) is 0 Å². The summed E-state index contributed by atoms with van der Waals surface area (Å²) in [5.41, 5.74) is -0.175. The molecule has 0 heterocycles. The SMILES string of the molecule is CCNC(Cc1c(F)ccc(Br)c1F)C1(OC)CCC1. The Morgan fingerprint density at radius 3 is 2.60 bits per heavy atom. The molecule has 0 aliphatic heterocycles. The van der Waals surface area contributed by atoms with E-state index >= 15 is 0 Å². The fourth-order valence-corrected chi connectivity index (χ4v) is 3.24. The van der Waals surface area contributed by atoms with Crippen LogP contribution in [-0.4, -0.2) is 25.3 Å². The Hall–Kier alpha value is -0.520. The highest BCUT2D eigenvalue weighted by Crippen LogP contribution is 2.39. The number of hydrogen-bond acceptors (Lipinski definition) is 2. The van der Waals surface area contributed by atoms with E-state index < -0.39 is 11.6 Å². The predicted molar refractivity (Wildman–Crippen MR) is 78.8 cm³/mol. The van der Waals surface area contributed by atoms with Crippen LogP contribution in [0, 0.1) is 11.6 Å². The van der Waals surface area contributed by atoms with Crippen molar-refractivity contribution in [1.29, 1.82) is 0 Å². The number of ether oxygens (including phenoxy) is 1. The number of hydrogen-bond donors (Lipinski definition) is 1. The van der Waals surface area contributed by atoms with Crippen molar-refractivity contribution in [2.45, 2.75) is 44.2 Å². The molecule has 1 aromatic carbocycles. The van der Waals surface area contributed by atoms with Crippen LogP contribution < -0.4 is 5.32 Å². The van der Waals surface area contributed by atoms with Crippen molar-refractivity contribution in [3.05, 3.63) is 33.8 Å². The van der Waals surface area contributed by atoms with Crippen molar-refractivity contribution in [3.63, 3.8) is 0 Å². The summed E-state index contributed by atoms with van der Waals surface area (Å²) in [7, 11) is 1.68. The van der Waals surface area contributed by atoms with Gasteiger partial charge in [0.2, 0.25) is 0 Å². The van der Waals surface area contributed by atoms with E-state index in [0.717, 1.165) is 25.8 Å². The lowest BCUT2D eigenvalue weighted by molar-refractivity contribution is -0.0980. The summed E-state index contributed by atoms with van der Waals surface area (Å²) in [6.45, 7) is 2.73. The lowest BCUT2D eigenvalue weighted by Crippen LogP contribution is -2.57. The Balaban J connectivity index is 2.27. The van der Waals surface area contributed by atoms with Gasteiger partial charge < -0.3 is 10.1 Å². The van der Waals surface area contributed by atoms with Crippen molar-refractivity contribution in [2.24, 2.45) is 0 Å². The Morgan fingerprint density at radius 2 is 2.10 bits per heavy atom.